The van der Waals surface area contributed by atoms with Crippen LogP contribution in [-0.2, 0) is 4.79 Å². The monoisotopic (exact) mass is 228 g/mol. The Hall–Kier alpha value is -0.220. The predicted octanol–water partition coefficient (Wildman–Crippen LogP) is 1.82. The fraction of sp³-hybridized carbons (Fsp3) is 0.909. The van der Waals surface area contributed by atoms with Crippen molar-refractivity contribution >= 4 is 17.9 Å². The van der Waals surface area contributed by atoms with Crippen LogP contribution in [0, 0.1) is 5.92 Å². The molecule has 3 N–H and O–H groups in total. The molecule has 86 valence electrons. The van der Waals surface area contributed by atoms with Crippen molar-refractivity contribution in [1.82, 2.24) is 4.72 Å². The second kappa shape index (κ2) is 4.74. The molecule has 1 saturated heterocycles. The van der Waals surface area contributed by atoms with Crippen LogP contribution in [0.15, 0.2) is 0 Å². The van der Waals surface area contributed by atoms with Crippen molar-refractivity contribution in [3.8, 4) is 0 Å². The molecular weight excluding hydrogens is 208 g/mol. The Morgan fingerprint density at radius 1 is 1.27 bits per heavy atom. The highest BCUT2D eigenvalue weighted by Gasteiger charge is 2.56. The molecule has 2 atom stereocenters. The van der Waals surface area contributed by atoms with E-state index in [4.69, 9.17) is 5.73 Å². The highest BCUT2D eigenvalue weighted by atomic mass is 32.2. The van der Waals surface area contributed by atoms with E-state index in [1.807, 2.05) is 0 Å². The molecule has 2 aliphatic rings. The number of hydrogen-bond donors (Lipinski definition) is 2. The standard InChI is InChI=1S/C11H20N2OS/c12-11-8-9(11)6-4-2-1-3-5-7-15-13-10(11)14/h9H,1-8,12H2,(H,13,14). The summed E-state index contributed by atoms with van der Waals surface area (Å²) >= 11 is 1.53. The van der Waals surface area contributed by atoms with Crippen molar-refractivity contribution in [3.63, 3.8) is 0 Å². The van der Waals surface area contributed by atoms with E-state index in [1.54, 1.807) is 0 Å². The number of rotatable bonds is 0. The molecule has 0 aromatic heterocycles. The zero-order valence-corrected chi connectivity index (χ0v) is 9.94. The fourth-order valence-corrected chi connectivity index (χ4v) is 3.07. The summed E-state index contributed by atoms with van der Waals surface area (Å²) < 4.78 is 2.89. The van der Waals surface area contributed by atoms with Crippen molar-refractivity contribution in [2.75, 3.05) is 5.75 Å². The molecule has 2 rings (SSSR count). The van der Waals surface area contributed by atoms with E-state index in [9.17, 15) is 4.79 Å². The van der Waals surface area contributed by atoms with E-state index >= 15 is 0 Å². The highest BCUT2D eigenvalue weighted by Crippen LogP contribution is 2.45. The Labute approximate surface area is 95.7 Å². The lowest BCUT2D eigenvalue weighted by Crippen LogP contribution is -2.42. The largest absolute Gasteiger partial charge is 0.317 e. The summed E-state index contributed by atoms with van der Waals surface area (Å²) in [5.41, 5.74) is 5.53. The summed E-state index contributed by atoms with van der Waals surface area (Å²) in [5.74, 6) is 1.52. The van der Waals surface area contributed by atoms with Gasteiger partial charge in [0, 0.05) is 5.75 Å². The smallest absolute Gasteiger partial charge is 0.250 e. The van der Waals surface area contributed by atoms with Gasteiger partial charge in [0.15, 0.2) is 0 Å². The molecular formula is C11H20N2OS. The third-order valence-electron chi connectivity index (χ3n) is 3.54. The van der Waals surface area contributed by atoms with Gasteiger partial charge in [-0.1, -0.05) is 37.6 Å². The second-order valence-corrected chi connectivity index (χ2v) is 5.68. The van der Waals surface area contributed by atoms with Crippen molar-refractivity contribution in [2.24, 2.45) is 11.7 Å². The van der Waals surface area contributed by atoms with Gasteiger partial charge in [-0.2, -0.15) is 0 Å². The van der Waals surface area contributed by atoms with Crippen LogP contribution in [0.2, 0.25) is 0 Å². The van der Waals surface area contributed by atoms with Crippen LogP contribution >= 0.6 is 11.9 Å². The molecule has 4 heteroatoms. The fourth-order valence-electron chi connectivity index (χ4n) is 2.29. The number of carbonyl (C=O) groups excluding carboxylic acids is 1. The zero-order chi connectivity index (χ0) is 10.7. The first-order valence-electron chi connectivity index (χ1n) is 5.94. The van der Waals surface area contributed by atoms with Crippen LogP contribution in [0.5, 0.6) is 0 Å². The van der Waals surface area contributed by atoms with E-state index in [0.717, 1.165) is 18.6 Å². The molecule has 0 bridgehead atoms. The zero-order valence-electron chi connectivity index (χ0n) is 9.13. The van der Waals surface area contributed by atoms with Crippen LogP contribution in [0.1, 0.15) is 44.9 Å². The summed E-state index contributed by atoms with van der Waals surface area (Å²) in [6.45, 7) is 0. The molecule has 1 aliphatic heterocycles. The second-order valence-electron chi connectivity index (χ2n) is 4.78. The van der Waals surface area contributed by atoms with Crippen LogP contribution in [0.4, 0.5) is 0 Å². The summed E-state index contributed by atoms with van der Waals surface area (Å²) in [4.78, 5) is 11.7. The van der Waals surface area contributed by atoms with Gasteiger partial charge >= 0.3 is 0 Å². The molecule has 0 spiro atoms. The number of nitrogens with one attached hydrogen (secondary N) is 1. The van der Waals surface area contributed by atoms with Gasteiger partial charge in [0.25, 0.3) is 0 Å². The van der Waals surface area contributed by atoms with Crippen LogP contribution in [0.25, 0.3) is 0 Å². The molecule has 2 unspecified atom stereocenters. The van der Waals surface area contributed by atoms with Crippen LogP contribution in [-0.4, -0.2) is 17.2 Å². The van der Waals surface area contributed by atoms with Crippen molar-refractivity contribution in [2.45, 2.75) is 50.5 Å². The van der Waals surface area contributed by atoms with Gasteiger partial charge in [0.1, 0.15) is 0 Å². The van der Waals surface area contributed by atoms with Gasteiger partial charge in [-0.3, -0.25) is 9.52 Å². The molecule has 1 heterocycles. The number of nitrogens with two attached hydrogens (primary N) is 1. The quantitative estimate of drug-likeness (QED) is 0.622. The third-order valence-corrected chi connectivity index (χ3v) is 4.36. The van der Waals surface area contributed by atoms with E-state index < -0.39 is 5.54 Å². The lowest BCUT2D eigenvalue weighted by molar-refractivity contribution is -0.121. The summed E-state index contributed by atoms with van der Waals surface area (Å²) in [7, 11) is 0. The molecule has 15 heavy (non-hydrogen) atoms. The minimum atomic E-state index is -0.522. The first-order valence-corrected chi connectivity index (χ1v) is 6.93. The maximum absolute atomic E-state index is 11.7. The third kappa shape index (κ3) is 2.67. The Kier molecular flexibility index (Phi) is 3.57. The number of fused-ring (bicyclic) bond motifs is 1. The van der Waals surface area contributed by atoms with E-state index in [-0.39, 0.29) is 5.91 Å². The Morgan fingerprint density at radius 2 is 2.00 bits per heavy atom. The first kappa shape index (κ1) is 11.3. The molecule has 2 fully saturated rings. The Morgan fingerprint density at radius 3 is 2.87 bits per heavy atom. The minimum Gasteiger partial charge on any atom is -0.317 e. The summed E-state index contributed by atoms with van der Waals surface area (Å²) in [5, 5.41) is 0. The van der Waals surface area contributed by atoms with Gasteiger partial charge in [0.05, 0.1) is 5.54 Å². The maximum atomic E-state index is 11.7. The molecule has 3 nitrogen and oxygen atoms in total. The van der Waals surface area contributed by atoms with Gasteiger partial charge in [-0.15, -0.1) is 0 Å². The average Bonchev–Trinajstić information content (AvgIpc) is 2.87. The molecule has 1 aliphatic carbocycles. The van der Waals surface area contributed by atoms with Gasteiger partial charge in [-0.05, 0) is 25.2 Å². The Balaban J connectivity index is 1.86. The van der Waals surface area contributed by atoms with Crippen molar-refractivity contribution in [3.05, 3.63) is 0 Å². The van der Waals surface area contributed by atoms with Crippen molar-refractivity contribution in [1.29, 1.82) is 0 Å². The minimum absolute atomic E-state index is 0.0538. The summed E-state index contributed by atoms with van der Waals surface area (Å²) in [6, 6.07) is 0. The van der Waals surface area contributed by atoms with E-state index in [2.05, 4.69) is 4.72 Å². The van der Waals surface area contributed by atoms with Gasteiger partial charge in [-0.25, -0.2) is 0 Å². The van der Waals surface area contributed by atoms with Crippen LogP contribution < -0.4 is 10.5 Å². The lowest BCUT2D eigenvalue weighted by Gasteiger charge is -2.12. The normalized spacial score (nSPS) is 38.2. The summed E-state index contributed by atoms with van der Waals surface area (Å²) in [6.07, 6.45) is 8.39. The lowest BCUT2D eigenvalue weighted by atomic mass is 10.1. The van der Waals surface area contributed by atoms with Crippen LogP contribution in [0.3, 0.4) is 0 Å². The number of carbonyl (C=O) groups is 1. The maximum Gasteiger partial charge on any atom is 0.250 e. The number of hydrogen-bond acceptors (Lipinski definition) is 3. The SMILES string of the molecule is NC12CC1CCCCCCCSNC2=O. The first-order chi connectivity index (χ1) is 7.23. The predicted molar refractivity (Wildman–Crippen MR) is 63.3 cm³/mol. The van der Waals surface area contributed by atoms with Gasteiger partial charge < -0.3 is 5.73 Å². The van der Waals surface area contributed by atoms with E-state index in [0.29, 0.717) is 5.92 Å². The topological polar surface area (TPSA) is 55.1 Å². The molecule has 1 amide bonds. The highest BCUT2D eigenvalue weighted by molar-refractivity contribution is 7.97. The molecule has 1 saturated carbocycles. The Bertz CT molecular complexity index is 247. The average molecular weight is 228 g/mol. The van der Waals surface area contributed by atoms with Gasteiger partial charge in [0.2, 0.25) is 5.91 Å². The molecule has 0 aromatic carbocycles. The number of amides is 1. The molecule has 0 aromatic rings. The molecule has 0 radical (unpaired) electrons. The van der Waals surface area contributed by atoms with E-state index in [1.165, 1.54) is 44.1 Å². The van der Waals surface area contributed by atoms with Crippen molar-refractivity contribution < 1.29 is 4.79 Å².